The van der Waals surface area contributed by atoms with Gasteiger partial charge in [0.2, 0.25) is 5.79 Å². The monoisotopic (exact) mass is 564 g/mol. The van der Waals surface area contributed by atoms with Crippen LogP contribution in [0.5, 0.6) is 5.75 Å². The molecule has 11 heteroatoms. The summed E-state index contributed by atoms with van der Waals surface area (Å²) in [5.74, 6) is -2.65. The Morgan fingerprint density at radius 1 is 0.925 bits per heavy atom. The van der Waals surface area contributed by atoms with Crippen LogP contribution in [0.15, 0.2) is 24.3 Å². The zero-order valence-corrected chi connectivity index (χ0v) is 25.0. The Labute approximate surface area is 236 Å². The van der Waals surface area contributed by atoms with E-state index < -0.39 is 28.9 Å². The Hall–Kier alpha value is -3.18. The first-order valence-electron chi connectivity index (χ1n) is 13.6. The number of ketones is 1. The molecular formula is C29H44N2O9. The average molecular weight is 565 g/mol. The van der Waals surface area contributed by atoms with Crippen molar-refractivity contribution in [2.45, 2.75) is 91.3 Å². The lowest BCUT2D eigenvalue weighted by molar-refractivity contribution is -0.275. The Bertz CT molecular complexity index is 1020. The van der Waals surface area contributed by atoms with Gasteiger partial charge in [-0.2, -0.15) is 0 Å². The van der Waals surface area contributed by atoms with E-state index >= 15 is 0 Å². The molecule has 2 amide bonds. The number of carbonyl (C=O) groups excluding carboxylic acids is 4. The number of hydrogen-bond donors (Lipinski definition) is 1. The van der Waals surface area contributed by atoms with Crippen molar-refractivity contribution in [3.63, 3.8) is 0 Å². The number of carbonyl (C=O) groups is 4. The number of nitrogens with zero attached hydrogens (tertiary/aromatic N) is 1. The average Bonchev–Trinajstić information content (AvgIpc) is 2.84. The van der Waals surface area contributed by atoms with Crippen LogP contribution in [-0.2, 0) is 28.5 Å². The normalized spacial score (nSPS) is 16.1. The molecule has 0 bridgehead atoms. The molecule has 1 fully saturated rings. The number of piperidine rings is 1. The van der Waals surface area contributed by atoms with Gasteiger partial charge in [0.1, 0.15) is 11.4 Å². The van der Waals surface area contributed by atoms with E-state index in [4.69, 9.17) is 23.7 Å². The first kappa shape index (κ1) is 33.0. The minimum Gasteiger partial charge on any atom is -0.482 e. The fraction of sp³-hybridized carbons (Fsp3) is 0.655. The molecule has 1 saturated heterocycles. The van der Waals surface area contributed by atoms with Gasteiger partial charge < -0.3 is 33.9 Å². The van der Waals surface area contributed by atoms with E-state index in [9.17, 15) is 19.2 Å². The molecule has 1 N–H and O–H groups in total. The van der Waals surface area contributed by atoms with Gasteiger partial charge in [-0.25, -0.2) is 9.59 Å². The van der Waals surface area contributed by atoms with Gasteiger partial charge in [-0.05, 0) is 92.5 Å². The highest BCUT2D eigenvalue weighted by atomic mass is 16.7. The second kappa shape index (κ2) is 13.9. The van der Waals surface area contributed by atoms with Crippen LogP contribution in [0.2, 0.25) is 0 Å². The number of esters is 1. The molecule has 0 aromatic heterocycles. The highest BCUT2D eigenvalue weighted by Crippen LogP contribution is 2.27. The second-order valence-electron chi connectivity index (χ2n) is 11.7. The second-order valence-corrected chi connectivity index (χ2v) is 11.7. The van der Waals surface area contributed by atoms with Crippen molar-refractivity contribution >= 4 is 23.8 Å². The van der Waals surface area contributed by atoms with Crippen molar-refractivity contribution in [2.24, 2.45) is 0 Å². The van der Waals surface area contributed by atoms with E-state index in [0.717, 1.165) is 0 Å². The Kier molecular flexibility index (Phi) is 11.5. The molecule has 0 spiro atoms. The van der Waals surface area contributed by atoms with Gasteiger partial charge in [0, 0.05) is 18.7 Å². The van der Waals surface area contributed by atoms with Crippen LogP contribution in [0.1, 0.15) is 78.6 Å². The van der Waals surface area contributed by atoms with Crippen LogP contribution in [0.3, 0.4) is 0 Å². The van der Waals surface area contributed by atoms with E-state index in [2.05, 4.69) is 5.32 Å². The maximum atomic E-state index is 13.3. The Morgan fingerprint density at radius 2 is 1.52 bits per heavy atom. The molecule has 0 saturated carbocycles. The molecule has 0 aliphatic carbocycles. The van der Waals surface area contributed by atoms with Gasteiger partial charge in [0.15, 0.2) is 12.4 Å². The van der Waals surface area contributed by atoms with Crippen LogP contribution < -0.4 is 10.1 Å². The van der Waals surface area contributed by atoms with Crippen LogP contribution in [0.25, 0.3) is 0 Å². The summed E-state index contributed by atoms with van der Waals surface area (Å²) in [5.41, 5.74) is -0.941. The zero-order chi connectivity index (χ0) is 30.1. The molecular weight excluding hydrogens is 520 g/mol. The minimum atomic E-state index is -1.66. The molecule has 0 radical (unpaired) electrons. The van der Waals surface area contributed by atoms with Gasteiger partial charge in [-0.15, -0.1) is 0 Å². The largest absolute Gasteiger partial charge is 0.482 e. The lowest BCUT2D eigenvalue weighted by atomic mass is 10.1. The van der Waals surface area contributed by atoms with Crippen LogP contribution in [0.4, 0.5) is 4.79 Å². The van der Waals surface area contributed by atoms with Crippen molar-refractivity contribution in [1.29, 1.82) is 0 Å². The van der Waals surface area contributed by atoms with Crippen molar-refractivity contribution in [2.75, 3.05) is 32.8 Å². The fourth-order valence-corrected chi connectivity index (χ4v) is 4.01. The van der Waals surface area contributed by atoms with Crippen LogP contribution in [0, 0.1) is 0 Å². The van der Waals surface area contributed by atoms with Gasteiger partial charge >= 0.3 is 12.1 Å². The third-order valence-corrected chi connectivity index (χ3v) is 5.65. The summed E-state index contributed by atoms with van der Waals surface area (Å²) in [6.45, 7) is 14.7. The number of benzene rings is 1. The number of nitrogens with one attached hydrogen (secondary N) is 1. The van der Waals surface area contributed by atoms with Crippen molar-refractivity contribution < 1.29 is 42.9 Å². The van der Waals surface area contributed by atoms with E-state index in [1.54, 1.807) is 36.1 Å². The summed E-state index contributed by atoms with van der Waals surface area (Å²) < 4.78 is 27.8. The molecule has 1 aromatic carbocycles. The molecule has 1 aliphatic rings. The van der Waals surface area contributed by atoms with E-state index in [1.807, 2.05) is 41.5 Å². The maximum absolute atomic E-state index is 13.3. The molecule has 40 heavy (non-hydrogen) atoms. The van der Waals surface area contributed by atoms with Crippen molar-refractivity contribution in [1.82, 2.24) is 10.2 Å². The number of amides is 2. The number of hydrogen-bond acceptors (Lipinski definition) is 9. The quantitative estimate of drug-likeness (QED) is 0.242. The minimum absolute atomic E-state index is 0.233. The van der Waals surface area contributed by atoms with Crippen molar-refractivity contribution in [3.05, 3.63) is 29.8 Å². The summed E-state index contributed by atoms with van der Waals surface area (Å²) in [4.78, 5) is 51.5. The summed E-state index contributed by atoms with van der Waals surface area (Å²) in [5, 5.41) is 2.64. The highest BCUT2D eigenvalue weighted by molar-refractivity contribution is 6.00. The summed E-state index contributed by atoms with van der Waals surface area (Å²) in [6.07, 6.45) is 0.280. The fourth-order valence-electron chi connectivity index (χ4n) is 4.01. The summed E-state index contributed by atoms with van der Waals surface area (Å²) >= 11 is 0. The lowest BCUT2D eigenvalue weighted by Crippen LogP contribution is -2.55. The number of ether oxygens (including phenoxy) is 5. The molecule has 1 atom stereocenters. The summed E-state index contributed by atoms with van der Waals surface area (Å²) in [7, 11) is 0. The summed E-state index contributed by atoms with van der Waals surface area (Å²) in [6, 6.07) is 6.23. The maximum Gasteiger partial charge on any atom is 0.410 e. The molecule has 0 unspecified atom stereocenters. The third-order valence-electron chi connectivity index (χ3n) is 5.65. The number of Topliss-reactive ketones (excluding diaryl/α,β-unsaturated/α-hetero) is 1. The van der Waals surface area contributed by atoms with E-state index in [1.165, 1.54) is 6.92 Å². The Morgan fingerprint density at radius 3 is 2.05 bits per heavy atom. The SMILES string of the molecule is CCOC(=O)COc1ccc(C(=O)CNC(=O)[C@@](C)(OC2CCN(C(=O)OC(C)(C)C)CC2)OC(C)(C)C)cc1. The Balaban J connectivity index is 1.96. The van der Waals surface area contributed by atoms with Gasteiger partial charge in [-0.3, -0.25) is 9.59 Å². The van der Waals surface area contributed by atoms with Gasteiger partial charge in [0.25, 0.3) is 5.91 Å². The first-order valence-corrected chi connectivity index (χ1v) is 13.6. The number of rotatable bonds is 11. The van der Waals surface area contributed by atoms with Crippen LogP contribution >= 0.6 is 0 Å². The molecule has 1 aliphatic heterocycles. The third kappa shape index (κ3) is 11.1. The standard InChI is InChI=1S/C29H44N2O9/c1-9-36-24(33)19-37-21-12-10-20(11-13-21)23(32)18-30-25(34)29(8,40-28(5,6)7)38-22-14-16-31(17-15-22)26(35)39-27(2,3)4/h10-13,22H,9,14-19H2,1-8H3,(H,30,34)/t29-/m0/s1. The predicted molar refractivity (Wildman–Crippen MR) is 147 cm³/mol. The smallest absolute Gasteiger partial charge is 0.410 e. The topological polar surface area (TPSA) is 130 Å². The van der Waals surface area contributed by atoms with Crippen LogP contribution in [-0.4, -0.2) is 84.6 Å². The van der Waals surface area contributed by atoms with Crippen molar-refractivity contribution in [3.8, 4) is 5.75 Å². The highest BCUT2D eigenvalue weighted by Gasteiger charge is 2.42. The van der Waals surface area contributed by atoms with Gasteiger partial charge in [-0.1, -0.05) is 0 Å². The number of likely N-dealkylation sites (tertiary alicyclic amines) is 1. The first-order chi connectivity index (χ1) is 18.5. The van der Waals surface area contributed by atoms with E-state index in [-0.39, 0.29) is 37.7 Å². The van der Waals surface area contributed by atoms with E-state index in [0.29, 0.717) is 37.2 Å². The molecule has 1 heterocycles. The molecule has 1 aromatic rings. The molecule has 11 nitrogen and oxygen atoms in total. The lowest BCUT2D eigenvalue weighted by Gasteiger charge is -2.40. The predicted octanol–water partition coefficient (Wildman–Crippen LogP) is 3.87. The zero-order valence-electron chi connectivity index (χ0n) is 25.0. The molecule has 224 valence electrons. The van der Waals surface area contributed by atoms with Gasteiger partial charge in [0.05, 0.1) is 24.9 Å². The molecule has 2 rings (SSSR count).